The maximum Gasteiger partial charge on any atom is 0.245 e. The van der Waals surface area contributed by atoms with Crippen molar-refractivity contribution in [3.05, 3.63) is 89.2 Å². The third kappa shape index (κ3) is 5.03. The number of hydrogen-bond donors (Lipinski definition) is 0. The molecule has 5 rings (SSSR count). The van der Waals surface area contributed by atoms with Gasteiger partial charge in [-0.3, -0.25) is 9.69 Å². The predicted octanol–water partition coefficient (Wildman–Crippen LogP) is 5.69. The van der Waals surface area contributed by atoms with Crippen molar-refractivity contribution in [1.29, 1.82) is 0 Å². The summed E-state index contributed by atoms with van der Waals surface area (Å²) >= 11 is 1.51. The molecule has 0 atom stereocenters. The van der Waals surface area contributed by atoms with Crippen LogP contribution in [-0.2, 0) is 21.4 Å². The lowest BCUT2D eigenvalue weighted by Gasteiger charge is -2.33. The summed E-state index contributed by atoms with van der Waals surface area (Å²) < 4.78 is 42.6. The molecule has 0 unspecified atom stereocenters. The van der Waals surface area contributed by atoms with Gasteiger partial charge >= 0.3 is 0 Å². The van der Waals surface area contributed by atoms with Crippen molar-refractivity contribution in [2.45, 2.75) is 38.1 Å². The Morgan fingerprint density at radius 2 is 1.65 bits per heavy atom. The van der Waals surface area contributed by atoms with Crippen LogP contribution in [0.15, 0.2) is 71.6 Å². The number of piperidine rings is 1. The molecule has 0 spiro atoms. The zero-order valence-corrected chi connectivity index (χ0v) is 22.4. The van der Waals surface area contributed by atoms with Crippen molar-refractivity contribution in [3.63, 3.8) is 0 Å². The van der Waals surface area contributed by atoms with Gasteiger partial charge in [0.25, 0.3) is 0 Å². The average molecular weight is 538 g/mol. The first-order valence-corrected chi connectivity index (χ1v) is 14.5. The summed E-state index contributed by atoms with van der Waals surface area (Å²) in [6, 6.07) is 19.3. The number of carbonyl (C=O) groups is 1. The SMILES string of the molecule is Cc1ccc(C)c2sc(N(Cc3ccccc3)C(=O)C3CCN(S(=O)(=O)c4ccccc4F)CC3)nc12. The van der Waals surface area contributed by atoms with Crippen LogP contribution in [0.3, 0.4) is 0 Å². The molecule has 1 saturated heterocycles. The van der Waals surface area contributed by atoms with Gasteiger partial charge in [0.2, 0.25) is 15.9 Å². The summed E-state index contributed by atoms with van der Waals surface area (Å²) in [5.41, 5.74) is 4.06. The molecule has 1 aliphatic heterocycles. The van der Waals surface area contributed by atoms with Crippen LogP contribution in [0.5, 0.6) is 0 Å². The Morgan fingerprint density at radius 1 is 1.00 bits per heavy atom. The van der Waals surface area contributed by atoms with E-state index in [1.54, 1.807) is 4.90 Å². The summed E-state index contributed by atoms with van der Waals surface area (Å²) in [7, 11) is -3.97. The Bertz CT molecular complexity index is 1510. The van der Waals surface area contributed by atoms with Crippen molar-refractivity contribution in [2.24, 2.45) is 5.92 Å². The van der Waals surface area contributed by atoms with E-state index in [2.05, 4.69) is 6.07 Å². The summed E-state index contributed by atoms with van der Waals surface area (Å²) in [6.07, 6.45) is 0.724. The molecule has 1 aliphatic rings. The number of hydrogen-bond acceptors (Lipinski definition) is 5. The van der Waals surface area contributed by atoms with Gasteiger partial charge < -0.3 is 0 Å². The van der Waals surface area contributed by atoms with Crippen LogP contribution in [0.1, 0.15) is 29.5 Å². The van der Waals surface area contributed by atoms with Crippen molar-refractivity contribution in [3.8, 4) is 0 Å². The standard InChI is InChI=1S/C28H28FN3O3S2/c1-19-12-13-20(2)26-25(19)30-28(36-26)32(18-21-8-4-3-5-9-21)27(33)22-14-16-31(17-15-22)37(34,35)24-11-7-6-10-23(24)29/h3-13,22H,14-18H2,1-2H3. The Labute approximate surface area is 220 Å². The minimum atomic E-state index is -3.97. The molecule has 3 aromatic carbocycles. The predicted molar refractivity (Wildman–Crippen MR) is 145 cm³/mol. The van der Waals surface area contributed by atoms with Crippen LogP contribution < -0.4 is 4.90 Å². The van der Waals surface area contributed by atoms with E-state index < -0.39 is 15.8 Å². The molecule has 0 saturated carbocycles. The van der Waals surface area contributed by atoms with E-state index in [0.29, 0.717) is 24.5 Å². The van der Waals surface area contributed by atoms with Crippen molar-refractivity contribution >= 4 is 42.6 Å². The fourth-order valence-corrected chi connectivity index (χ4v) is 7.38. The Balaban J connectivity index is 1.40. The van der Waals surface area contributed by atoms with Crippen LogP contribution in [-0.4, -0.2) is 36.7 Å². The van der Waals surface area contributed by atoms with Crippen molar-refractivity contribution in [2.75, 3.05) is 18.0 Å². The van der Waals surface area contributed by atoms with E-state index in [9.17, 15) is 17.6 Å². The number of amides is 1. The van der Waals surface area contributed by atoms with Gasteiger partial charge in [-0.15, -0.1) is 0 Å². The number of aryl methyl sites for hydroxylation is 2. The highest BCUT2D eigenvalue weighted by Crippen LogP contribution is 2.35. The van der Waals surface area contributed by atoms with Gasteiger partial charge in [0.15, 0.2) is 5.13 Å². The fourth-order valence-electron chi connectivity index (χ4n) is 4.73. The zero-order valence-electron chi connectivity index (χ0n) is 20.7. The third-order valence-electron chi connectivity index (χ3n) is 6.87. The lowest BCUT2D eigenvalue weighted by Crippen LogP contribution is -2.44. The van der Waals surface area contributed by atoms with Crippen LogP contribution in [0.25, 0.3) is 10.2 Å². The van der Waals surface area contributed by atoms with E-state index >= 15 is 0 Å². The van der Waals surface area contributed by atoms with E-state index in [-0.39, 0.29) is 29.8 Å². The smallest absolute Gasteiger partial charge is 0.245 e. The van der Waals surface area contributed by atoms with Crippen LogP contribution >= 0.6 is 11.3 Å². The molecule has 0 aliphatic carbocycles. The Kier molecular flexibility index (Phi) is 7.11. The molecule has 37 heavy (non-hydrogen) atoms. The van der Waals surface area contributed by atoms with Gasteiger partial charge in [-0.1, -0.05) is 65.9 Å². The molecule has 1 amide bonds. The zero-order chi connectivity index (χ0) is 26.2. The first-order chi connectivity index (χ1) is 17.8. The molecule has 192 valence electrons. The molecule has 0 radical (unpaired) electrons. The van der Waals surface area contributed by atoms with Gasteiger partial charge in [0, 0.05) is 19.0 Å². The Morgan fingerprint density at radius 3 is 2.32 bits per heavy atom. The molecule has 4 aromatic rings. The first kappa shape index (κ1) is 25.5. The molecule has 0 N–H and O–H groups in total. The van der Waals surface area contributed by atoms with Crippen molar-refractivity contribution in [1.82, 2.24) is 9.29 Å². The number of anilines is 1. The van der Waals surface area contributed by atoms with Crippen LogP contribution in [0.2, 0.25) is 0 Å². The van der Waals surface area contributed by atoms with Crippen LogP contribution in [0.4, 0.5) is 9.52 Å². The minimum Gasteiger partial charge on any atom is -0.283 e. The lowest BCUT2D eigenvalue weighted by molar-refractivity contribution is -0.123. The molecule has 1 fully saturated rings. The number of sulfonamides is 1. The van der Waals surface area contributed by atoms with E-state index in [0.717, 1.165) is 33.0 Å². The molecule has 9 heteroatoms. The first-order valence-electron chi connectivity index (χ1n) is 12.2. The summed E-state index contributed by atoms with van der Waals surface area (Å²) in [6.45, 7) is 4.75. The van der Waals surface area contributed by atoms with E-state index in [4.69, 9.17) is 4.98 Å². The van der Waals surface area contributed by atoms with E-state index in [1.165, 1.54) is 33.8 Å². The number of nitrogens with zero attached hydrogens (tertiary/aromatic N) is 3. The van der Waals surface area contributed by atoms with Gasteiger partial charge in [0.05, 0.1) is 16.8 Å². The maximum absolute atomic E-state index is 14.2. The second kappa shape index (κ2) is 10.3. The maximum atomic E-state index is 14.2. The monoisotopic (exact) mass is 537 g/mol. The van der Waals surface area contributed by atoms with Crippen LogP contribution in [0, 0.1) is 25.6 Å². The summed E-state index contributed by atoms with van der Waals surface area (Å²) in [5.74, 6) is -1.19. The summed E-state index contributed by atoms with van der Waals surface area (Å²) in [5, 5.41) is 0.641. The average Bonchev–Trinajstić information content (AvgIpc) is 3.37. The summed E-state index contributed by atoms with van der Waals surface area (Å²) in [4.78, 5) is 20.2. The number of carbonyl (C=O) groups excluding carboxylic acids is 1. The molecule has 1 aromatic heterocycles. The van der Waals surface area contributed by atoms with Gasteiger partial charge in [-0.2, -0.15) is 4.31 Å². The number of fused-ring (bicyclic) bond motifs is 1. The molecular weight excluding hydrogens is 509 g/mol. The fraction of sp³-hybridized carbons (Fsp3) is 0.286. The molecule has 2 heterocycles. The second-order valence-electron chi connectivity index (χ2n) is 9.39. The highest BCUT2D eigenvalue weighted by atomic mass is 32.2. The topological polar surface area (TPSA) is 70.6 Å². The second-order valence-corrected chi connectivity index (χ2v) is 12.3. The Hall–Kier alpha value is -3.14. The lowest BCUT2D eigenvalue weighted by atomic mass is 9.96. The molecule has 0 bridgehead atoms. The highest BCUT2D eigenvalue weighted by Gasteiger charge is 2.36. The minimum absolute atomic E-state index is 0.0684. The van der Waals surface area contributed by atoms with Crippen molar-refractivity contribution < 1.29 is 17.6 Å². The van der Waals surface area contributed by atoms with Gasteiger partial charge in [-0.25, -0.2) is 17.8 Å². The molecule has 6 nitrogen and oxygen atoms in total. The third-order valence-corrected chi connectivity index (χ3v) is 10.0. The van der Waals surface area contributed by atoms with E-state index in [1.807, 2.05) is 50.2 Å². The quantitative estimate of drug-likeness (QED) is 0.317. The molecular formula is C28H28FN3O3S2. The largest absolute Gasteiger partial charge is 0.283 e. The number of rotatable bonds is 6. The van der Waals surface area contributed by atoms with Gasteiger partial charge in [-0.05, 0) is 55.5 Å². The number of benzene rings is 3. The normalized spacial score (nSPS) is 15.2. The number of halogens is 1. The van der Waals surface area contributed by atoms with Gasteiger partial charge in [0.1, 0.15) is 10.7 Å². The number of thiazole rings is 1. The number of aromatic nitrogens is 1. The highest BCUT2D eigenvalue weighted by molar-refractivity contribution is 7.89.